The Labute approximate surface area is 198 Å². The number of carbonyl (C=O) groups is 3. The van der Waals surface area contributed by atoms with Gasteiger partial charge in [-0.1, -0.05) is 6.07 Å². The second-order valence-corrected chi connectivity index (χ2v) is 9.97. The van der Waals surface area contributed by atoms with Crippen LogP contribution in [0.25, 0.3) is 11.0 Å². The van der Waals surface area contributed by atoms with Crippen molar-refractivity contribution in [2.45, 2.75) is 50.5 Å². The molecule has 0 saturated carbocycles. The van der Waals surface area contributed by atoms with E-state index in [1.165, 1.54) is 10.1 Å². The Morgan fingerprint density at radius 3 is 2.44 bits per heavy atom. The fraction of sp³-hybridized carbons (Fsp3) is 0.600. The number of Topliss-reactive ketones (excluding diaryl/α,β-unsaturated/α-hetero) is 1. The number of fused-ring (bicyclic) bond motifs is 1. The molecule has 0 bridgehead atoms. The fourth-order valence-electron chi connectivity index (χ4n) is 5.78. The van der Waals surface area contributed by atoms with Crippen molar-refractivity contribution in [1.82, 2.24) is 24.7 Å². The van der Waals surface area contributed by atoms with Crippen LogP contribution in [0, 0.1) is 5.92 Å². The highest BCUT2D eigenvalue weighted by Crippen LogP contribution is 2.31. The van der Waals surface area contributed by atoms with Crippen LogP contribution in [-0.4, -0.2) is 64.4 Å². The van der Waals surface area contributed by atoms with Gasteiger partial charge in [0.1, 0.15) is 11.8 Å². The van der Waals surface area contributed by atoms with Gasteiger partial charge < -0.3 is 5.32 Å². The van der Waals surface area contributed by atoms with Gasteiger partial charge in [-0.15, -0.1) is 0 Å². The van der Waals surface area contributed by atoms with E-state index < -0.39 is 11.9 Å². The van der Waals surface area contributed by atoms with Gasteiger partial charge in [0.05, 0.1) is 17.6 Å². The van der Waals surface area contributed by atoms with Crippen LogP contribution in [0.4, 0.5) is 0 Å². The average Bonchev–Trinajstić information content (AvgIpc) is 3.10. The normalized spacial score (nSPS) is 23.4. The molecule has 0 radical (unpaired) electrons. The van der Waals surface area contributed by atoms with Crippen molar-refractivity contribution in [3.05, 3.63) is 34.2 Å². The molecule has 1 unspecified atom stereocenters. The maximum absolute atomic E-state index is 13.0. The Hall–Kier alpha value is -2.78. The van der Waals surface area contributed by atoms with Gasteiger partial charge >= 0.3 is 5.69 Å². The van der Waals surface area contributed by atoms with Gasteiger partial charge in [-0.25, -0.2) is 4.79 Å². The van der Waals surface area contributed by atoms with E-state index in [0.29, 0.717) is 24.7 Å². The molecule has 5 rings (SSSR count). The Kier molecular flexibility index (Phi) is 6.40. The molecule has 9 nitrogen and oxygen atoms in total. The number of imide groups is 1. The van der Waals surface area contributed by atoms with Crippen molar-refractivity contribution in [1.29, 1.82) is 0 Å². The van der Waals surface area contributed by atoms with E-state index >= 15 is 0 Å². The maximum Gasteiger partial charge on any atom is 0.329 e. The molecule has 2 amide bonds. The van der Waals surface area contributed by atoms with Crippen LogP contribution < -0.4 is 16.3 Å². The number of benzene rings is 1. The molecule has 0 aliphatic carbocycles. The van der Waals surface area contributed by atoms with E-state index in [4.69, 9.17) is 0 Å². The van der Waals surface area contributed by atoms with Gasteiger partial charge in [0.25, 0.3) is 0 Å². The monoisotopic (exact) mass is 467 g/mol. The second kappa shape index (κ2) is 9.46. The predicted molar refractivity (Wildman–Crippen MR) is 128 cm³/mol. The number of aryl methyl sites for hydroxylation is 1. The molecule has 0 spiro atoms. The number of likely N-dealkylation sites (tertiary alicyclic amines) is 1. The zero-order chi connectivity index (χ0) is 23.8. The van der Waals surface area contributed by atoms with E-state index in [1.807, 2.05) is 6.07 Å². The van der Waals surface area contributed by atoms with Crippen molar-refractivity contribution in [2.24, 2.45) is 13.0 Å². The number of hydrogen-bond donors (Lipinski definition) is 2. The highest BCUT2D eigenvalue weighted by atomic mass is 16.2. The number of rotatable bonds is 5. The molecule has 34 heavy (non-hydrogen) atoms. The lowest BCUT2D eigenvalue weighted by atomic mass is 9.88. The summed E-state index contributed by atoms with van der Waals surface area (Å²) in [6.45, 7) is 4.23. The first kappa shape index (κ1) is 23.0. The molecule has 3 aliphatic rings. The summed E-state index contributed by atoms with van der Waals surface area (Å²) in [5, 5.41) is 5.67. The van der Waals surface area contributed by atoms with Gasteiger partial charge in [-0.05, 0) is 81.9 Å². The Morgan fingerprint density at radius 2 is 1.74 bits per heavy atom. The molecule has 1 aromatic carbocycles. The standard InChI is InChI=1S/C25H33N5O4/c1-28-21-14-18(2-3-19(21)30(25(28)34)20-4-5-23(32)27-24(20)33)16-8-12-29(13-9-16)15-22(31)17-6-10-26-11-7-17/h2-3,14,16-17,20,26H,4-13,15H2,1H3,(H,27,32,33). The topological polar surface area (TPSA) is 105 Å². The molecule has 3 saturated heterocycles. The van der Waals surface area contributed by atoms with Gasteiger partial charge in [0.2, 0.25) is 11.8 Å². The number of imidazole rings is 1. The lowest BCUT2D eigenvalue weighted by Crippen LogP contribution is -2.44. The molecular weight excluding hydrogens is 434 g/mol. The number of ketones is 1. The lowest BCUT2D eigenvalue weighted by Gasteiger charge is -2.33. The number of nitrogens with one attached hydrogen (secondary N) is 2. The third-order valence-corrected chi connectivity index (χ3v) is 7.87. The molecule has 1 aromatic heterocycles. The third kappa shape index (κ3) is 4.34. The van der Waals surface area contributed by atoms with Gasteiger partial charge in [-0.3, -0.25) is 33.7 Å². The highest BCUT2D eigenvalue weighted by Gasteiger charge is 2.32. The van der Waals surface area contributed by atoms with E-state index in [-0.39, 0.29) is 23.9 Å². The minimum Gasteiger partial charge on any atom is -0.317 e. The molecule has 2 N–H and O–H groups in total. The summed E-state index contributed by atoms with van der Waals surface area (Å²) in [4.78, 5) is 51.9. The van der Waals surface area contributed by atoms with Crippen LogP contribution in [0.3, 0.4) is 0 Å². The van der Waals surface area contributed by atoms with E-state index in [2.05, 4.69) is 27.7 Å². The minimum atomic E-state index is -0.666. The summed E-state index contributed by atoms with van der Waals surface area (Å²) in [5.41, 5.74) is 2.47. The Morgan fingerprint density at radius 1 is 1.00 bits per heavy atom. The van der Waals surface area contributed by atoms with Crippen LogP contribution in [0.15, 0.2) is 23.0 Å². The van der Waals surface area contributed by atoms with Crippen LogP contribution in [0.5, 0.6) is 0 Å². The number of nitrogens with zero attached hydrogens (tertiary/aromatic N) is 3. The summed E-state index contributed by atoms with van der Waals surface area (Å²) >= 11 is 0. The maximum atomic E-state index is 13.0. The number of hydrogen-bond acceptors (Lipinski definition) is 6. The number of amides is 2. The van der Waals surface area contributed by atoms with Gasteiger partial charge in [-0.2, -0.15) is 0 Å². The zero-order valence-electron chi connectivity index (χ0n) is 19.7. The quantitative estimate of drug-likeness (QED) is 0.638. The van der Waals surface area contributed by atoms with Crippen molar-refractivity contribution in [2.75, 3.05) is 32.7 Å². The van der Waals surface area contributed by atoms with Crippen molar-refractivity contribution in [3.63, 3.8) is 0 Å². The van der Waals surface area contributed by atoms with Crippen molar-refractivity contribution < 1.29 is 14.4 Å². The smallest absolute Gasteiger partial charge is 0.317 e. The summed E-state index contributed by atoms with van der Waals surface area (Å²) in [7, 11) is 1.73. The molecule has 4 heterocycles. The fourth-order valence-corrected chi connectivity index (χ4v) is 5.78. The number of aromatic nitrogens is 2. The summed E-state index contributed by atoms with van der Waals surface area (Å²) < 4.78 is 3.12. The first-order valence-electron chi connectivity index (χ1n) is 12.4. The summed E-state index contributed by atoms with van der Waals surface area (Å²) in [6.07, 6.45) is 4.43. The van der Waals surface area contributed by atoms with Crippen molar-refractivity contribution in [3.8, 4) is 0 Å². The first-order chi connectivity index (χ1) is 16.4. The van der Waals surface area contributed by atoms with E-state index in [1.54, 1.807) is 11.6 Å². The lowest BCUT2D eigenvalue weighted by molar-refractivity contribution is -0.135. The molecule has 3 aliphatic heterocycles. The van der Waals surface area contributed by atoms with Crippen LogP contribution >= 0.6 is 0 Å². The summed E-state index contributed by atoms with van der Waals surface area (Å²) in [5.74, 6) is 0.257. The molecule has 2 aromatic rings. The zero-order valence-corrected chi connectivity index (χ0v) is 19.7. The Bertz CT molecular complexity index is 1170. The van der Waals surface area contributed by atoms with E-state index in [9.17, 15) is 19.2 Å². The molecule has 3 fully saturated rings. The van der Waals surface area contributed by atoms with Crippen LogP contribution in [-0.2, 0) is 21.4 Å². The van der Waals surface area contributed by atoms with Gasteiger partial charge in [0, 0.05) is 19.4 Å². The average molecular weight is 468 g/mol. The van der Waals surface area contributed by atoms with E-state index in [0.717, 1.165) is 62.9 Å². The van der Waals surface area contributed by atoms with Crippen LogP contribution in [0.1, 0.15) is 56.0 Å². The second-order valence-electron chi connectivity index (χ2n) is 9.97. The number of piperidine rings is 3. The molecule has 1 atom stereocenters. The molecular formula is C25H33N5O4. The highest BCUT2D eigenvalue weighted by molar-refractivity contribution is 6.00. The van der Waals surface area contributed by atoms with Crippen LogP contribution in [0.2, 0.25) is 0 Å². The van der Waals surface area contributed by atoms with Crippen molar-refractivity contribution >= 4 is 28.6 Å². The molecule has 182 valence electrons. The summed E-state index contributed by atoms with van der Waals surface area (Å²) in [6, 6.07) is 5.40. The minimum absolute atomic E-state index is 0.205. The molecule has 9 heteroatoms. The first-order valence-corrected chi connectivity index (χ1v) is 12.4. The SMILES string of the molecule is Cn1c(=O)n(C2CCC(=O)NC2=O)c2ccc(C3CCN(CC(=O)C4CCNCC4)CC3)cc21. The largest absolute Gasteiger partial charge is 0.329 e. The Balaban J connectivity index is 1.28. The van der Waals surface area contributed by atoms with Gasteiger partial charge in [0.15, 0.2) is 0 Å². The number of carbonyl (C=O) groups excluding carboxylic acids is 3. The third-order valence-electron chi connectivity index (χ3n) is 7.87. The predicted octanol–water partition coefficient (Wildman–Crippen LogP) is 1.07.